The van der Waals surface area contributed by atoms with Gasteiger partial charge in [0.25, 0.3) is 0 Å². The largest absolute Gasteiger partial charge is 0.508 e. The number of aryl methyl sites for hydroxylation is 1. The maximum Gasteiger partial charge on any atom is 0.118 e. The first-order chi connectivity index (χ1) is 6.34. The Kier molecular flexibility index (Phi) is 7.89. The van der Waals surface area contributed by atoms with Crippen LogP contribution in [0.15, 0.2) is 24.3 Å². The number of hydrogen-bond acceptors (Lipinski definition) is 1. The molecule has 0 aliphatic carbocycles. The Morgan fingerprint density at radius 3 is 2.43 bits per heavy atom. The Balaban J connectivity index is 0.00000169. The van der Waals surface area contributed by atoms with Gasteiger partial charge < -0.3 is 5.11 Å². The SMILES string of the molecule is CCCCCCc1ccccc1O.[W]. The maximum absolute atomic E-state index is 9.47. The molecule has 0 aliphatic rings. The number of benzene rings is 1. The van der Waals surface area contributed by atoms with Crippen LogP contribution in [0.1, 0.15) is 38.2 Å². The van der Waals surface area contributed by atoms with E-state index in [2.05, 4.69) is 6.92 Å². The fourth-order valence-electron chi connectivity index (χ4n) is 1.46. The van der Waals surface area contributed by atoms with Crippen molar-refractivity contribution in [3.05, 3.63) is 29.8 Å². The number of para-hydroxylation sites is 1. The van der Waals surface area contributed by atoms with Crippen molar-refractivity contribution >= 4 is 0 Å². The molecule has 0 saturated carbocycles. The third-order valence-electron chi connectivity index (χ3n) is 2.29. The van der Waals surface area contributed by atoms with Gasteiger partial charge in [0.2, 0.25) is 0 Å². The van der Waals surface area contributed by atoms with Gasteiger partial charge in [-0.05, 0) is 24.5 Å². The fraction of sp³-hybridized carbons (Fsp3) is 0.500. The van der Waals surface area contributed by atoms with Crippen molar-refractivity contribution in [2.45, 2.75) is 39.0 Å². The second-order valence-electron chi connectivity index (χ2n) is 3.44. The summed E-state index contributed by atoms with van der Waals surface area (Å²) in [4.78, 5) is 0. The molecular weight excluding hydrogens is 344 g/mol. The molecule has 0 atom stereocenters. The minimum Gasteiger partial charge on any atom is -0.508 e. The summed E-state index contributed by atoms with van der Waals surface area (Å²) in [6, 6.07) is 7.61. The summed E-state index contributed by atoms with van der Waals surface area (Å²) >= 11 is 0. The van der Waals surface area contributed by atoms with Crippen molar-refractivity contribution < 1.29 is 26.2 Å². The molecule has 1 rings (SSSR count). The molecule has 0 fully saturated rings. The van der Waals surface area contributed by atoms with E-state index in [1.54, 1.807) is 6.07 Å². The van der Waals surface area contributed by atoms with E-state index in [0.29, 0.717) is 5.75 Å². The van der Waals surface area contributed by atoms with Gasteiger partial charge in [-0.15, -0.1) is 0 Å². The second kappa shape index (κ2) is 8.05. The van der Waals surface area contributed by atoms with Crippen LogP contribution in [0.3, 0.4) is 0 Å². The molecule has 2 heteroatoms. The molecule has 0 bridgehead atoms. The van der Waals surface area contributed by atoms with E-state index in [0.717, 1.165) is 12.0 Å². The van der Waals surface area contributed by atoms with Gasteiger partial charge in [-0.3, -0.25) is 0 Å². The van der Waals surface area contributed by atoms with Crippen LogP contribution in [0.5, 0.6) is 5.75 Å². The minimum atomic E-state index is 0. The van der Waals surface area contributed by atoms with Crippen molar-refractivity contribution in [1.82, 2.24) is 0 Å². The van der Waals surface area contributed by atoms with Gasteiger partial charge >= 0.3 is 0 Å². The van der Waals surface area contributed by atoms with Gasteiger partial charge in [-0.2, -0.15) is 0 Å². The molecule has 1 nitrogen and oxygen atoms in total. The summed E-state index contributed by atoms with van der Waals surface area (Å²) < 4.78 is 0. The molecule has 78 valence electrons. The van der Waals surface area contributed by atoms with Gasteiger partial charge in [-0.25, -0.2) is 0 Å². The topological polar surface area (TPSA) is 20.2 Å². The van der Waals surface area contributed by atoms with Crippen molar-refractivity contribution in [2.24, 2.45) is 0 Å². The summed E-state index contributed by atoms with van der Waals surface area (Å²) in [5.74, 6) is 0.444. The summed E-state index contributed by atoms with van der Waals surface area (Å²) in [5.41, 5.74) is 1.08. The molecule has 0 unspecified atom stereocenters. The van der Waals surface area contributed by atoms with Gasteiger partial charge in [-0.1, -0.05) is 44.4 Å². The van der Waals surface area contributed by atoms with E-state index in [-0.39, 0.29) is 21.1 Å². The maximum atomic E-state index is 9.47. The van der Waals surface area contributed by atoms with Crippen molar-refractivity contribution in [2.75, 3.05) is 0 Å². The zero-order valence-corrected chi connectivity index (χ0v) is 11.6. The van der Waals surface area contributed by atoms with Crippen molar-refractivity contribution in [3.8, 4) is 5.75 Å². The summed E-state index contributed by atoms with van der Waals surface area (Å²) in [6.45, 7) is 2.21. The molecule has 0 amide bonds. The van der Waals surface area contributed by atoms with E-state index >= 15 is 0 Å². The third kappa shape index (κ3) is 4.81. The van der Waals surface area contributed by atoms with Gasteiger partial charge in [0.05, 0.1) is 0 Å². The summed E-state index contributed by atoms with van der Waals surface area (Å²) in [5, 5.41) is 9.47. The van der Waals surface area contributed by atoms with Crippen LogP contribution in [-0.4, -0.2) is 5.11 Å². The van der Waals surface area contributed by atoms with Crippen LogP contribution < -0.4 is 0 Å². The van der Waals surface area contributed by atoms with E-state index in [1.165, 1.54) is 25.7 Å². The molecular formula is C12H18OW. The quantitative estimate of drug-likeness (QED) is 0.795. The van der Waals surface area contributed by atoms with Crippen molar-refractivity contribution in [3.63, 3.8) is 0 Å². The standard InChI is InChI=1S/C12H18O.W/c1-2-3-4-5-8-11-9-6-7-10-12(11)13;/h6-7,9-10,13H,2-5,8H2,1H3;. The molecule has 0 aromatic heterocycles. The zero-order chi connectivity index (χ0) is 9.52. The number of phenolic OH excluding ortho intramolecular Hbond substituents is 1. The van der Waals surface area contributed by atoms with Gasteiger partial charge in [0.1, 0.15) is 5.75 Å². The average molecular weight is 362 g/mol. The molecule has 0 heterocycles. The molecule has 1 aromatic carbocycles. The first kappa shape index (κ1) is 13.7. The van der Waals surface area contributed by atoms with Crippen molar-refractivity contribution in [1.29, 1.82) is 0 Å². The number of aromatic hydroxyl groups is 1. The zero-order valence-electron chi connectivity index (χ0n) is 8.70. The molecule has 0 aliphatic heterocycles. The summed E-state index contributed by atoms with van der Waals surface area (Å²) in [6.07, 6.45) is 6.03. The predicted octanol–water partition coefficient (Wildman–Crippen LogP) is 3.51. The Morgan fingerprint density at radius 2 is 1.79 bits per heavy atom. The minimum absolute atomic E-state index is 0. The average Bonchev–Trinajstić information content (AvgIpc) is 2.15. The molecule has 1 N–H and O–H groups in total. The Labute approximate surface area is 101 Å². The Morgan fingerprint density at radius 1 is 1.07 bits per heavy atom. The smallest absolute Gasteiger partial charge is 0.118 e. The first-order valence-electron chi connectivity index (χ1n) is 5.11. The Bertz CT molecular complexity index is 248. The normalized spacial score (nSPS) is 9.50. The van der Waals surface area contributed by atoms with E-state index in [9.17, 15) is 5.11 Å². The number of hydrogen-bond donors (Lipinski definition) is 1. The molecule has 0 saturated heterocycles. The van der Waals surface area contributed by atoms with E-state index in [4.69, 9.17) is 0 Å². The van der Waals surface area contributed by atoms with Crippen LogP contribution >= 0.6 is 0 Å². The molecule has 0 spiro atoms. The van der Waals surface area contributed by atoms with Crippen LogP contribution in [0.2, 0.25) is 0 Å². The number of unbranched alkanes of at least 4 members (excludes halogenated alkanes) is 3. The number of phenols is 1. The predicted molar refractivity (Wildman–Crippen MR) is 56.0 cm³/mol. The summed E-state index contributed by atoms with van der Waals surface area (Å²) in [7, 11) is 0. The molecule has 14 heavy (non-hydrogen) atoms. The fourth-order valence-corrected chi connectivity index (χ4v) is 1.46. The first-order valence-corrected chi connectivity index (χ1v) is 5.11. The van der Waals surface area contributed by atoms with E-state index < -0.39 is 0 Å². The van der Waals surface area contributed by atoms with Gasteiger partial charge in [0.15, 0.2) is 0 Å². The number of rotatable bonds is 5. The monoisotopic (exact) mass is 362 g/mol. The Hall–Kier alpha value is -0.292. The second-order valence-corrected chi connectivity index (χ2v) is 3.44. The van der Waals surface area contributed by atoms with Crippen LogP contribution in [0.4, 0.5) is 0 Å². The van der Waals surface area contributed by atoms with Crippen LogP contribution in [-0.2, 0) is 27.5 Å². The van der Waals surface area contributed by atoms with Crippen LogP contribution in [0, 0.1) is 0 Å². The van der Waals surface area contributed by atoms with Gasteiger partial charge in [0, 0.05) is 21.1 Å². The molecule has 0 radical (unpaired) electrons. The van der Waals surface area contributed by atoms with E-state index in [1.807, 2.05) is 18.2 Å². The molecule has 1 aromatic rings. The van der Waals surface area contributed by atoms with Crippen LogP contribution in [0.25, 0.3) is 0 Å². The third-order valence-corrected chi connectivity index (χ3v) is 2.29.